The Morgan fingerprint density at radius 1 is 0.906 bits per heavy atom. The van der Waals surface area contributed by atoms with E-state index in [1.165, 1.54) is 12.1 Å². The summed E-state index contributed by atoms with van der Waals surface area (Å²) in [6, 6.07) is 21.2. The average Bonchev–Trinajstić information content (AvgIpc) is 2.81. The maximum atomic E-state index is 12.6. The quantitative estimate of drug-likeness (QED) is 0.491. The van der Waals surface area contributed by atoms with Gasteiger partial charge in [-0.05, 0) is 53.9 Å². The monoisotopic (exact) mass is 454 g/mol. The molecule has 0 heterocycles. The van der Waals surface area contributed by atoms with Gasteiger partial charge in [0.2, 0.25) is 10.0 Å². The summed E-state index contributed by atoms with van der Waals surface area (Å²) in [7, 11) is -2.07. The summed E-state index contributed by atoms with van der Waals surface area (Å²) in [6.45, 7) is 2.14. The van der Waals surface area contributed by atoms with Gasteiger partial charge in [0.05, 0.1) is 12.0 Å². The number of carbonyl (C=O) groups is 1. The highest BCUT2D eigenvalue weighted by atomic mass is 32.2. The van der Waals surface area contributed by atoms with Crippen molar-refractivity contribution in [1.29, 1.82) is 0 Å². The summed E-state index contributed by atoms with van der Waals surface area (Å²) in [6.07, 6.45) is 0. The third-order valence-corrected chi connectivity index (χ3v) is 6.17. The van der Waals surface area contributed by atoms with Gasteiger partial charge in [-0.1, -0.05) is 42.5 Å². The Bertz CT molecular complexity index is 1150. The molecule has 0 spiro atoms. The van der Waals surface area contributed by atoms with Gasteiger partial charge >= 0.3 is 0 Å². The van der Waals surface area contributed by atoms with E-state index in [1.54, 1.807) is 20.1 Å². The van der Waals surface area contributed by atoms with Crippen molar-refractivity contribution in [2.75, 3.05) is 13.7 Å². The molecule has 8 heteroatoms. The summed E-state index contributed by atoms with van der Waals surface area (Å²) in [5, 5.41) is 2.78. The Hall–Kier alpha value is -3.36. The molecule has 32 heavy (non-hydrogen) atoms. The fourth-order valence-electron chi connectivity index (χ4n) is 2.95. The van der Waals surface area contributed by atoms with Crippen LogP contribution >= 0.6 is 0 Å². The van der Waals surface area contributed by atoms with Crippen LogP contribution in [0.2, 0.25) is 0 Å². The number of rotatable bonds is 10. The number of hydrogen-bond acceptors (Lipinski definition) is 5. The lowest BCUT2D eigenvalue weighted by atomic mass is 10.2. The number of benzene rings is 3. The van der Waals surface area contributed by atoms with Crippen LogP contribution in [0, 0.1) is 6.92 Å². The average molecular weight is 455 g/mol. The van der Waals surface area contributed by atoms with E-state index < -0.39 is 10.0 Å². The molecule has 3 aromatic rings. The van der Waals surface area contributed by atoms with Crippen molar-refractivity contribution >= 4 is 15.9 Å². The molecule has 0 unspecified atom stereocenters. The molecule has 0 saturated carbocycles. The molecular weight excluding hydrogens is 428 g/mol. The van der Waals surface area contributed by atoms with E-state index in [9.17, 15) is 13.2 Å². The van der Waals surface area contributed by atoms with E-state index in [4.69, 9.17) is 9.47 Å². The van der Waals surface area contributed by atoms with Gasteiger partial charge in [-0.25, -0.2) is 13.1 Å². The second-order valence-electron chi connectivity index (χ2n) is 7.15. The smallest absolute Gasteiger partial charge is 0.258 e. The molecule has 0 fully saturated rings. The number of amides is 1. The van der Waals surface area contributed by atoms with Crippen molar-refractivity contribution in [3.63, 3.8) is 0 Å². The molecule has 168 valence electrons. The third kappa shape index (κ3) is 6.57. The lowest BCUT2D eigenvalue weighted by Crippen LogP contribution is -2.28. The highest BCUT2D eigenvalue weighted by Crippen LogP contribution is 2.22. The van der Waals surface area contributed by atoms with Gasteiger partial charge in [0.1, 0.15) is 11.5 Å². The Morgan fingerprint density at radius 2 is 1.59 bits per heavy atom. The normalized spacial score (nSPS) is 11.1. The number of carbonyl (C=O) groups excluding carboxylic acids is 1. The van der Waals surface area contributed by atoms with Gasteiger partial charge in [0, 0.05) is 13.1 Å². The zero-order valence-electron chi connectivity index (χ0n) is 18.0. The predicted octanol–water partition coefficient (Wildman–Crippen LogP) is 3.18. The van der Waals surface area contributed by atoms with E-state index >= 15 is 0 Å². The number of methoxy groups -OCH3 is 1. The number of ether oxygens (including phenoxy) is 2. The molecule has 0 saturated heterocycles. The van der Waals surface area contributed by atoms with Crippen LogP contribution in [0.15, 0.2) is 77.7 Å². The van der Waals surface area contributed by atoms with Crippen LogP contribution in [0.5, 0.6) is 11.5 Å². The number of nitrogens with one attached hydrogen (secondary N) is 2. The number of aryl methyl sites for hydroxylation is 1. The molecule has 2 N–H and O–H groups in total. The molecule has 0 aliphatic carbocycles. The van der Waals surface area contributed by atoms with E-state index in [-0.39, 0.29) is 24.0 Å². The molecule has 0 atom stereocenters. The Balaban J connectivity index is 1.52. The zero-order valence-corrected chi connectivity index (χ0v) is 18.8. The summed E-state index contributed by atoms with van der Waals surface area (Å²) in [4.78, 5) is 12.2. The van der Waals surface area contributed by atoms with Crippen LogP contribution in [-0.4, -0.2) is 28.0 Å². The maximum absolute atomic E-state index is 12.6. The molecule has 0 aliphatic rings. The summed E-state index contributed by atoms with van der Waals surface area (Å²) < 4.78 is 38.4. The first-order valence-electron chi connectivity index (χ1n) is 10.0. The van der Waals surface area contributed by atoms with Crippen molar-refractivity contribution in [2.45, 2.75) is 24.9 Å². The van der Waals surface area contributed by atoms with Gasteiger partial charge in [-0.3, -0.25) is 4.79 Å². The summed E-state index contributed by atoms with van der Waals surface area (Å²) in [5.74, 6) is 0.924. The first-order chi connectivity index (χ1) is 15.4. The van der Waals surface area contributed by atoms with Crippen molar-refractivity contribution in [2.24, 2.45) is 0 Å². The van der Waals surface area contributed by atoms with Crippen LogP contribution in [-0.2, 0) is 27.9 Å². The van der Waals surface area contributed by atoms with Gasteiger partial charge < -0.3 is 14.8 Å². The fraction of sp³-hybridized carbons (Fsp3) is 0.208. The minimum absolute atomic E-state index is 0.141. The van der Waals surface area contributed by atoms with Gasteiger partial charge in [-0.2, -0.15) is 0 Å². The summed E-state index contributed by atoms with van der Waals surface area (Å²) in [5.41, 5.74) is 2.43. The lowest BCUT2D eigenvalue weighted by Gasteiger charge is -2.12. The highest BCUT2D eigenvalue weighted by Gasteiger charge is 2.16. The van der Waals surface area contributed by atoms with Crippen LogP contribution < -0.4 is 19.5 Å². The van der Waals surface area contributed by atoms with E-state index in [1.807, 2.05) is 54.6 Å². The van der Waals surface area contributed by atoms with E-state index in [0.717, 1.165) is 16.9 Å². The molecule has 0 radical (unpaired) electrons. The molecule has 0 aliphatic heterocycles. The molecule has 1 amide bonds. The van der Waals surface area contributed by atoms with E-state index in [2.05, 4.69) is 10.0 Å². The molecule has 0 aromatic heterocycles. The largest absolute Gasteiger partial charge is 0.497 e. The Kier molecular flexibility index (Phi) is 7.86. The first-order valence-corrected chi connectivity index (χ1v) is 11.5. The standard InChI is InChI=1S/C24H26N2O5S/c1-18-14-22(32(28,29)26-16-19-6-4-3-5-7-19)12-13-23(18)31-17-24(27)25-15-20-8-10-21(30-2)11-9-20/h3-14,26H,15-17H2,1-2H3,(H,25,27). The minimum Gasteiger partial charge on any atom is -0.497 e. The SMILES string of the molecule is COc1ccc(CNC(=O)COc2ccc(S(=O)(=O)NCc3ccccc3)cc2C)cc1. The van der Waals surface area contributed by atoms with Gasteiger partial charge in [0.15, 0.2) is 6.61 Å². The van der Waals surface area contributed by atoms with Crippen LogP contribution in [0.1, 0.15) is 16.7 Å². The fourth-order valence-corrected chi connectivity index (χ4v) is 4.05. The predicted molar refractivity (Wildman–Crippen MR) is 122 cm³/mol. The maximum Gasteiger partial charge on any atom is 0.258 e. The minimum atomic E-state index is -3.67. The topological polar surface area (TPSA) is 93.7 Å². The number of sulfonamides is 1. The molecular formula is C24H26N2O5S. The van der Waals surface area contributed by atoms with Gasteiger partial charge in [0.25, 0.3) is 5.91 Å². The van der Waals surface area contributed by atoms with Crippen LogP contribution in [0.3, 0.4) is 0 Å². The first kappa shape index (κ1) is 23.3. The third-order valence-electron chi connectivity index (χ3n) is 4.77. The Labute approximate surface area is 188 Å². The second kappa shape index (κ2) is 10.8. The molecule has 0 bridgehead atoms. The van der Waals surface area contributed by atoms with Crippen LogP contribution in [0.4, 0.5) is 0 Å². The van der Waals surface area contributed by atoms with Crippen LogP contribution in [0.25, 0.3) is 0 Å². The van der Waals surface area contributed by atoms with Crippen molar-refractivity contribution < 1.29 is 22.7 Å². The zero-order chi connectivity index (χ0) is 23.0. The molecule has 3 aromatic carbocycles. The van der Waals surface area contributed by atoms with Crippen molar-refractivity contribution in [1.82, 2.24) is 10.0 Å². The Morgan fingerprint density at radius 3 is 2.25 bits per heavy atom. The van der Waals surface area contributed by atoms with Gasteiger partial charge in [-0.15, -0.1) is 0 Å². The number of hydrogen-bond donors (Lipinski definition) is 2. The molecule has 3 rings (SSSR count). The highest BCUT2D eigenvalue weighted by molar-refractivity contribution is 7.89. The lowest BCUT2D eigenvalue weighted by molar-refractivity contribution is -0.123. The summed E-state index contributed by atoms with van der Waals surface area (Å²) >= 11 is 0. The van der Waals surface area contributed by atoms with Crippen molar-refractivity contribution in [3.05, 3.63) is 89.5 Å². The second-order valence-corrected chi connectivity index (χ2v) is 8.92. The van der Waals surface area contributed by atoms with E-state index in [0.29, 0.717) is 17.9 Å². The molecule has 7 nitrogen and oxygen atoms in total. The van der Waals surface area contributed by atoms with Crippen molar-refractivity contribution in [3.8, 4) is 11.5 Å².